The Morgan fingerprint density at radius 3 is 2.31 bits per heavy atom. The number of amides is 2. The molecule has 0 aliphatic carbocycles. The Hall–Kier alpha value is -2.22. The van der Waals surface area contributed by atoms with Crippen LogP contribution < -0.4 is 10.6 Å². The van der Waals surface area contributed by atoms with E-state index in [0.717, 1.165) is 50.3 Å². The summed E-state index contributed by atoms with van der Waals surface area (Å²) in [6.07, 6.45) is 1.78. The van der Waals surface area contributed by atoms with Crippen LogP contribution in [0.3, 0.4) is 0 Å². The van der Waals surface area contributed by atoms with Gasteiger partial charge in [0, 0.05) is 43.3 Å². The van der Waals surface area contributed by atoms with Crippen LogP contribution in [0.1, 0.15) is 17.4 Å². The third-order valence-electron chi connectivity index (χ3n) is 5.15. The minimum Gasteiger partial charge on any atom is -0.355 e. The van der Waals surface area contributed by atoms with Crippen LogP contribution in [0, 0.1) is 0 Å². The Morgan fingerprint density at radius 1 is 0.966 bits per heavy atom. The van der Waals surface area contributed by atoms with E-state index < -0.39 is 0 Å². The number of piperazine rings is 1. The molecule has 0 spiro atoms. The van der Waals surface area contributed by atoms with Gasteiger partial charge in [-0.1, -0.05) is 31.2 Å². The Morgan fingerprint density at radius 2 is 1.66 bits per heavy atom. The summed E-state index contributed by atoms with van der Waals surface area (Å²) in [5, 5.41) is 8.08. The molecule has 0 saturated carbocycles. The minimum atomic E-state index is 0.0191. The fourth-order valence-corrected chi connectivity index (χ4v) is 4.20. The fourth-order valence-electron chi connectivity index (χ4n) is 3.49. The van der Waals surface area contributed by atoms with Gasteiger partial charge in [-0.15, -0.1) is 11.3 Å². The number of benzene rings is 1. The van der Waals surface area contributed by atoms with Gasteiger partial charge in [-0.3, -0.25) is 19.4 Å². The van der Waals surface area contributed by atoms with Crippen molar-refractivity contribution in [3.63, 3.8) is 0 Å². The summed E-state index contributed by atoms with van der Waals surface area (Å²) in [6, 6.07) is 12.0. The fraction of sp³-hybridized carbons (Fsp3) is 0.455. The highest BCUT2D eigenvalue weighted by Crippen LogP contribution is 2.15. The zero-order valence-electron chi connectivity index (χ0n) is 17.0. The van der Waals surface area contributed by atoms with Crippen LogP contribution >= 0.6 is 11.3 Å². The van der Waals surface area contributed by atoms with E-state index in [2.05, 4.69) is 38.8 Å². The average molecular weight is 415 g/mol. The van der Waals surface area contributed by atoms with Gasteiger partial charge in [0.1, 0.15) is 0 Å². The van der Waals surface area contributed by atoms with Crippen molar-refractivity contribution >= 4 is 28.8 Å². The first-order valence-corrected chi connectivity index (χ1v) is 11.1. The molecule has 2 aromatic rings. The van der Waals surface area contributed by atoms with Crippen LogP contribution in [0.2, 0.25) is 0 Å². The number of para-hydroxylation sites is 1. The summed E-state index contributed by atoms with van der Waals surface area (Å²) in [6.45, 7) is 6.78. The molecule has 1 saturated heterocycles. The first-order valence-electron chi connectivity index (χ1n) is 10.3. The quantitative estimate of drug-likeness (QED) is 0.661. The predicted molar refractivity (Wildman–Crippen MR) is 118 cm³/mol. The van der Waals surface area contributed by atoms with Crippen molar-refractivity contribution in [3.8, 4) is 0 Å². The molecular formula is C22H30N4O2S. The van der Waals surface area contributed by atoms with Crippen molar-refractivity contribution in [1.82, 2.24) is 15.1 Å². The topological polar surface area (TPSA) is 64.7 Å². The molecule has 1 aliphatic heterocycles. The lowest BCUT2D eigenvalue weighted by molar-refractivity contribution is -0.123. The van der Waals surface area contributed by atoms with E-state index in [9.17, 15) is 9.59 Å². The Labute approximate surface area is 176 Å². The van der Waals surface area contributed by atoms with Crippen molar-refractivity contribution < 1.29 is 9.59 Å². The molecule has 0 atom stereocenters. The second-order valence-electron chi connectivity index (χ2n) is 7.29. The zero-order valence-corrected chi connectivity index (χ0v) is 17.8. The number of rotatable bonds is 9. The molecule has 2 heterocycles. The third kappa shape index (κ3) is 6.96. The smallest absolute Gasteiger partial charge is 0.238 e. The van der Waals surface area contributed by atoms with E-state index >= 15 is 0 Å². The molecule has 2 N–H and O–H groups in total. The van der Waals surface area contributed by atoms with E-state index in [1.54, 1.807) is 11.3 Å². The average Bonchev–Trinajstić information content (AvgIpc) is 3.23. The first kappa shape index (κ1) is 21.5. The molecule has 156 valence electrons. The first-order chi connectivity index (χ1) is 14.1. The lowest BCUT2D eigenvalue weighted by atomic mass is 10.1. The van der Waals surface area contributed by atoms with E-state index in [0.29, 0.717) is 19.6 Å². The number of nitrogens with zero attached hydrogens (tertiary/aromatic N) is 2. The molecule has 2 amide bonds. The predicted octanol–water partition coefficient (Wildman–Crippen LogP) is 2.23. The number of carbonyl (C=O) groups excluding carboxylic acids is 2. The lowest BCUT2D eigenvalue weighted by Gasteiger charge is -2.33. The highest BCUT2D eigenvalue weighted by molar-refractivity contribution is 7.09. The highest BCUT2D eigenvalue weighted by atomic mass is 32.1. The molecule has 1 aromatic heterocycles. The van der Waals surface area contributed by atoms with Gasteiger partial charge in [-0.2, -0.15) is 0 Å². The standard InChI is InChI=1S/C22H30N4O2S/c1-2-18-6-3-4-8-20(18)24-22(28)17-26-13-11-25(12-14-26)16-21(27)23-10-9-19-7-5-15-29-19/h3-8,15H,2,9-14,16-17H2,1H3,(H,23,27)(H,24,28). The summed E-state index contributed by atoms with van der Waals surface area (Å²) < 4.78 is 0. The molecule has 1 aliphatic rings. The van der Waals surface area contributed by atoms with E-state index in [4.69, 9.17) is 0 Å². The number of aryl methyl sites for hydroxylation is 1. The van der Waals surface area contributed by atoms with Gasteiger partial charge in [0.2, 0.25) is 11.8 Å². The molecule has 0 bridgehead atoms. The maximum absolute atomic E-state index is 12.4. The van der Waals surface area contributed by atoms with Gasteiger partial charge in [0.05, 0.1) is 13.1 Å². The maximum atomic E-state index is 12.4. The number of thiophene rings is 1. The third-order valence-corrected chi connectivity index (χ3v) is 6.08. The Bertz CT molecular complexity index is 786. The van der Waals surface area contributed by atoms with Crippen LogP contribution in [-0.2, 0) is 22.4 Å². The van der Waals surface area contributed by atoms with Gasteiger partial charge in [-0.25, -0.2) is 0 Å². The van der Waals surface area contributed by atoms with E-state index in [-0.39, 0.29) is 11.8 Å². The summed E-state index contributed by atoms with van der Waals surface area (Å²) in [4.78, 5) is 30.1. The van der Waals surface area contributed by atoms with Crippen LogP contribution in [0.25, 0.3) is 0 Å². The molecule has 1 fully saturated rings. The molecule has 29 heavy (non-hydrogen) atoms. The maximum Gasteiger partial charge on any atom is 0.238 e. The van der Waals surface area contributed by atoms with Crippen molar-refractivity contribution in [3.05, 3.63) is 52.2 Å². The van der Waals surface area contributed by atoms with Crippen LogP contribution in [0.15, 0.2) is 41.8 Å². The molecule has 1 aromatic carbocycles. The van der Waals surface area contributed by atoms with Crippen LogP contribution in [-0.4, -0.2) is 67.4 Å². The molecule has 7 heteroatoms. The highest BCUT2D eigenvalue weighted by Gasteiger charge is 2.20. The summed E-state index contributed by atoms with van der Waals surface area (Å²) in [5.41, 5.74) is 2.05. The minimum absolute atomic E-state index is 0.0191. The van der Waals surface area contributed by atoms with Crippen molar-refractivity contribution in [2.75, 3.05) is 51.1 Å². The van der Waals surface area contributed by atoms with Crippen LogP contribution in [0.4, 0.5) is 5.69 Å². The van der Waals surface area contributed by atoms with Crippen molar-refractivity contribution in [2.45, 2.75) is 19.8 Å². The summed E-state index contributed by atoms with van der Waals surface area (Å²) in [7, 11) is 0. The van der Waals surface area contributed by atoms with Crippen LogP contribution in [0.5, 0.6) is 0 Å². The zero-order chi connectivity index (χ0) is 20.5. The second kappa shape index (κ2) is 11.1. The largest absolute Gasteiger partial charge is 0.355 e. The number of hydrogen-bond acceptors (Lipinski definition) is 5. The molecular weight excluding hydrogens is 384 g/mol. The van der Waals surface area contributed by atoms with Crippen molar-refractivity contribution in [2.24, 2.45) is 0 Å². The number of carbonyl (C=O) groups is 2. The molecule has 6 nitrogen and oxygen atoms in total. The van der Waals surface area contributed by atoms with Gasteiger partial charge in [0.25, 0.3) is 0 Å². The summed E-state index contributed by atoms with van der Waals surface area (Å²) in [5.74, 6) is 0.0922. The Kier molecular flexibility index (Phi) is 8.22. The molecule has 0 radical (unpaired) electrons. The Balaban J connectivity index is 1.33. The van der Waals surface area contributed by atoms with Gasteiger partial charge in [-0.05, 0) is 35.9 Å². The molecule has 0 unspecified atom stereocenters. The number of anilines is 1. The van der Waals surface area contributed by atoms with Gasteiger partial charge < -0.3 is 10.6 Å². The van der Waals surface area contributed by atoms with Gasteiger partial charge >= 0.3 is 0 Å². The normalized spacial score (nSPS) is 15.2. The lowest BCUT2D eigenvalue weighted by Crippen LogP contribution is -2.51. The monoisotopic (exact) mass is 414 g/mol. The van der Waals surface area contributed by atoms with Crippen molar-refractivity contribution in [1.29, 1.82) is 0 Å². The van der Waals surface area contributed by atoms with E-state index in [1.807, 2.05) is 30.3 Å². The number of nitrogens with one attached hydrogen (secondary N) is 2. The van der Waals surface area contributed by atoms with Gasteiger partial charge in [0.15, 0.2) is 0 Å². The molecule has 3 rings (SSSR count). The SMILES string of the molecule is CCc1ccccc1NC(=O)CN1CCN(CC(=O)NCCc2cccs2)CC1. The second-order valence-corrected chi connectivity index (χ2v) is 8.32. The van der Waals surface area contributed by atoms with E-state index in [1.165, 1.54) is 4.88 Å². The number of hydrogen-bond donors (Lipinski definition) is 2. The summed E-state index contributed by atoms with van der Waals surface area (Å²) >= 11 is 1.72.